The van der Waals surface area contributed by atoms with Crippen LogP contribution in [-0.2, 0) is 16.1 Å². The van der Waals surface area contributed by atoms with Crippen LogP contribution in [0.3, 0.4) is 0 Å². The van der Waals surface area contributed by atoms with Crippen LogP contribution in [0.1, 0.15) is 29.0 Å². The quantitative estimate of drug-likeness (QED) is 0.552. The number of carbonyl (C=O) groups is 3. The highest BCUT2D eigenvalue weighted by atomic mass is 16.3. The van der Waals surface area contributed by atoms with Crippen molar-refractivity contribution in [1.82, 2.24) is 10.2 Å². The maximum absolute atomic E-state index is 12.4. The maximum atomic E-state index is 12.4. The molecule has 0 fully saturated rings. The molecule has 0 radical (unpaired) electrons. The van der Waals surface area contributed by atoms with Gasteiger partial charge in [-0.2, -0.15) is 0 Å². The van der Waals surface area contributed by atoms with Crippen LogP contribution in [0.25, 0.3) is 11.1 Å². The molecule has 6 heteroatoms. The number of carbonyl (C=O) groups excluding carboxylic acids is 3. The van der Waals surface area contributed by atoms with Gasteiger partial charge < -0.3 is 14.6 Å². The van der Waals surface area contributed by atoms with Crippen molar-refractivity contribution >= 4 is 17.6 Å². The number of ketones is 1. The summed E-state index contributed by atoms with van der Waals surface area (Å²) in [4.78, 5) is 37.9. The van der Waals surface area contributed by atoms with Gasteiger partial charge in [0.05, 0.1) is 19.4 Å². The second kappa shape index (κ2) is 10.2. The number of rotatable bonds is 9. The first-order chi connectivity index (χ1) is 14.5. The fraction of sp³-hybridized carbons (Fsp3) is 0.208. The molecule has 3 rings (SSSR count). The molecule has 0 saturated carbocycles. The summed E-state index contributed by atoms with van der Waals surface area (Å²) in [6.45, 7) is 0.199. The highest BCUT2D eigenvalue weighted by Gasteiger charge is 2.15. The highest BCUT2D eigenvalue weighted by Crippen LogP contribution is 2.20. The average molecular weight is 404 g/mol. The Morgan fingerprint density at radius 3 is 2.23 bits per heavy atom. The van der Waals surface area contributed by atoms with E-state index in [9.17, 15) is 14.4 Å². The van der Waals surface area contributed by atoms with Gasteiger partial charge in [-0.1, -0.05) is 54.6 Å². The lowest BCUT2D eigenvalue weighted by atomic mass is 10.0. The van der Waals surface area contributed by atoms with Gasteiger partial charge in [0.25, 0.3) is 0 Å². The van der Waals surface area contributed by atoms with E-state index in [0.717, 1.165) is 11.1 Å². The summed E-state index contributed by atoms with van der Waals surface area (Å²) in [7, 11) is 1.55. The van der Waals surface area contributed by atoms with Gasteiger partial charge in [-0.15, -0.1) is 0 Å². The molecule has 30 heavy (non-hydrogen) atoms. The van der Waals surface area contributed by atoms with Gasteiger partial charge in [0, 0.05) is 25.5 Å². The fourth-order valence-electron chi connectivity index (χ4n) is 2.99. The van der Waals surface area contributed by atoms with Gasteiger partial charge in [-0.25, -0.2) is 0 Å². The van der Waals surface area contributed by atoms with Crippen molar-refractivity contribution in [2.45, 2.75) is 19.4 Å². The molecule has 0 bridgehead atoms. The zero-order chi connectivity index (χ0) is 21.3. The van der Waals surface area contributed by atoms with Crippen molar-refractivity contribution in [3.8, 4) is 11.1 Å². The standard InChI is InChI=1S/C24H24N2O4/c1-26(17-23(28)25-16-21-8-5-15-30-21)24(29)14-13-22(27)20-11-9-19(10-12-20)18-6-3-2-4-7-18/h2-12,15H,13-14,16-17H2,1H3,(H,25,28). The van der Waals surface area contributed by atoms with Crippen LogP contribution in [0.4, 0.5) is 0 Å². The Balaban J connectivity index is 1.44. The number of hydrogen-bond donors (Lipinski definition) is 1. The molecule has 0 atom stereocenters. The molecular formula is C24H24N2O4. The van der Waals surface area contributed by atoms with E-state index in [2.05, 4.69) is 5.32 Å². The van der Waals surface area contributed by atoms with E-state index in [1.54, 1.807) is 31.3 Å². The Morgan fingerprint density at radius 2 is 1.57 bits per heavy atom. The van der Waals surface area contributed by atoms with E-state index in [1.807, 2.05) is 42.5 Å². The number of benzene rings is 2. The van der Waals surface area contributed by atoms with E-state index in [0.29, 0.717) is 11.3 Å². The number of likely N-dealkylation sites (N-methyl/N-ethyl adjacent to an activating group) is 1. The molecule has 0 saturated heterocycles. The number of Topliss-reactive ketones (excluding diaryl/α,β-unsaturated/α-hetero) is 1. The van der Waals surface area contributed by atoms with E-state index < -0.39 is 0 Å². The SMILES string of the molecule is CN(CC(=O)NCc1ccco1)C(=O)CCC(=O)c1ccc(-c2ccccc2)cc1. The van der Waals surface area contributed by atoms with Gasteiger partial charge in [0.15, 0.2) is 5.78 Å². The first-order valence-electron chi connectivity index (χ1n) is 9.74. The Bertz CT molecular complexity index is 980. The molecular weight excluding hydrogens is 380 g/mol. The highest BCUT2D eigenvalue weighted by molar-refractivity contribution is 5.98. The van der Waals surface area contributed by atoms with Crippen molar-refractivity contribution in [2.75, 3.05) is 13.6 Å². The normalized spacial score (nSPS) is 10.4. The third kappa shape index (κ3) is 5.91. The van der Waals surface area contributed by atoms with Gasteiger partial charge in [0.1, 0.15) is 5.76 Å². The van der Waals surface area contributed by atoms with Crippen LogP contribution in [-0.4, -0.2) is 36.1 Å². The maximum Gasteiger partial charge on any atom is 0.239 e. The molecule has 0 spiro atoms. The lowest BCUT2D eigenvalue weighted by Crippen LogP contribution is -2.38. The van der Waals surface area contributed by atoms with Crippen molar-refractivity contribution in [2.24, 2.45) is 0 Å². The van der Waals surface area contributed by atoms with Gasteiger partial charge in [-0.3, -0.25) is 14.4 Å². The molecule has 2 amide bonds. The van der Waals surface area contributed by atoms with Crippen LogP contribution in [0.15, 0.2) is 77.4 Å². The zero-order valence-corrected chi connectivity index (χ0v) is 16.8. The molecule has 2 aromatic carbocycles. The van der Waals surface area contributed by atoms with Gasteiger partial charge in [0.2, 0.25) is 11.8 Å². The van der Waals surface area contributed by atoms with Crippen LogP contribution in [0, 0.1) is 0 Å². The number of nitrogens with zero attached hydrogens (tertiary/aromatic N) is 1. The topological polar surface area (TPSA) is 79.6 Å². The summed E-state index contributed by atoms with van der Waals surface area (Å²) in [5, 5.41) is 2.69. The molecule has 1 heterocycles. The lowest BCUT2D eigenvalue weighted by molar-refractivity contribution is -0.134. The molecule has 6 nitrogen and oxygen atoms in total. The first kappa shape index (κ1) is 21.0. The minimum Gasteiger partial charge on any atom is -0.467 e. The van der Waals surface area contributed by atoms with Crippen LogP contribution in [0.2, 0.25) is 0 Å². The Hall–Kier alpha value is -3.67. The Kier molecular flexibility index (Phi) is 7.16. The summed E-state index contributed by atoms with van der Waals surface area (Å²) >= 11 is 0. The van der Waals surface area contributed by atoms with Crippen molar-refractivity contribution in [3.05, 3.63) is 84.3 Å². The van der Waals surface area contributed by atoms with Crippen molar-refractivity contribution < 1.29 is 18.8 Å². The number of furan rings is 1. The second-order valence-corrected chi connectivity index (χ2v) is 6.97. The summed E-state index contributed by atoms with van der Waals surface area (Å²) in [6.07, 6.45) is 1.69. The Morgan fingerprint density at radius 1 is 0.867 bits per heavy atom. The van der Waals surface area contributed by atoms with E-state index in [1.165, 1.54) is 11.2 Å². The largest absolute Gasteiger partial charge is 0.467 e. The smallest absolute Gasteiger partial charge is 0.239 e. The summed E-state index contributed by atoms with van der Waals surface area (Å²) in [5.74, 6) is 0.00215. The Labute approximate surface area is 175 Å². The number of hydrogen-bond acceptors (Lipinski definition) is 4. The van der Waals surface area contributed by atoms with E-state index in [4.69, 9.17) is 4.42 Å². The van der Waals surface area contributed by atoms with Crippen molar-refractivity contribution in [3.63, 3.8) is 0 Å². The molecule has 0 unspecified atom stereocenters. The summed E-state index contributed by atoms with van der Waals surface area (Å²) in [5.41, 5.74) is 2.68. The monoisotopic (exact) mass is 404 g/mol. The molecule has 0 aliphatic heterocycles. The molecule has 0 aliphatic rings. The van der Waals surface area contributed by atoms with Crippen LogP contribution >= 0.6 is 0 Å². The predicted octanol–water partition coefficient (Wildman–Crippen LogP) is 3.68. The zero-order valence-electron chi connectivity index (χ0n) is 16.8. The van der Waals surface area contributed by atoms with Crippen molar-refractivity contribution in [1.29, 1.82) is 0 Å². The minimum atomic E-state index is -0.287. The van der Waals surface area contributed by atoms with Gasteiger partial charge >= 0.3 is 0 Å². The molecule has 1 N–H and O–H groups in total. The lowest BCUT2D eigenvalue weighted by Gasteiger charge is -2.16. The van der Waals surface area contributed by atoms with Gasteiger partial charge in [-0.05, 0) is 23.3 Å². The predicted molar refractivity (Wildman–Crippen MR) is 114 cm³/mol. The molecule has 3 aromatic rings. The third-order valence-corrected chi connectivity index (χ3v) is 4.73. The number of amides is 2. The summed E-state index contributed by atoms with van der Waals surface area (Å²) in [6, 6.07) is 20.8. The summed E-state index contributed by atoms with van der Waals surface area (Å²) < 4.78 is 5.14. The van der Waals surface area contributed by atoms with Crippen LogP contribution in [0.5, 0.6) is 0 Å². The molecule has 0 aliphatic carbocycles. The average Bonchev–Trinajstić information content (AvgIpc) is 3.30. The first-order valence-corrected chi connectivity index (χ1v) is 9.74. The fourth-order valence-corrected chi connectivity index (χ4v) is 2.99. The van der Waals surface area contributed by atoms with Crippen LogP contribution < -0.4 is 5.32 Å². The van der Waals surface area contributed by atoms with E-state index in [-0.39, 0.29) is 43.5 Å². The second-order valence-electron chi connectivity index (χ2n) is 6.97. The minimum absolute atomic E-state index is 0.0568. The molecule has 154 valence electrons. The number of nitrogens with one attached hydrogen (secondary N) is 1. The third-order valence-electron chi connectivity index (χ3n) is 4.73. The van der Waals surface area contributed by atoms with E-state index >= 15 is 0 Å². The molecule has 1 aromatic heterocycles.